The highest BCUT2D eigenvalue weighted by atomic mass is 16.5. The molecule has 0 heterocycles. The molecular weight excluding hydrogens is 332 g/mol. The zero-order valence-electron chi connectivity index (χ0n) is 15.6. The molecule has 0 N–H and O–H groups in total. The van der Waals surface area contributed by atoms with Crippen molar-refractivity contribution in [2.75, 3.05) is 0 Å². The molecule has 0 spiro atoms. The summed E-state index contributed by atoms with van der Waals surface area (Å²) in [5.41, 5.74) is 4.64. The third-order valence-corrected chi connectivity index (χ3v) is 4.39. The first-order valence-electron chi connectivity index (χ1n) is 9.12. The second kappa shape index (κ2) is 8.87. The Labute approximate surface area is 160 Å². The van der Waals surface area contributed by atoms with Crippen LogP contribution in [0.25, 0.3) is 0 Å². The molecule has 3 aromatic carbocycles. The molecule has 0 saturated heterocycles. The van der Waals surface area contributed by atoms with Crippen molar-refractivity contribution in [2.45, 2.75) is 26.4 Å². The van der Waals surface area contributed by atoms with E-state index < -0.39 is 0 Å². The molecule has 0 fully saturated rings. The molecule has 0 aliphatic carbocycles. The summed E-state index contributed by atoms with van der Waals surface area (Å²) in [4.78, 5) is 12.3. The lowest BCUT2D eigenvalue weighted by molar-refractivity contribution is 0.0338. The summed E-state index contributed by atoms with van der Waals surface area (Å²) in [5, 5.41) is 0. The highest BCUT2D eigenvalue weighted by molar-refractivity contribution is 5.89. The zero-order chi connectivity index (χ0) is 19.1. The van der Waals surface area contributed by atoms with Gasteiger partial charge in [0.15, 0.2) is 0 Å². The highest BCUT2D eigenvalue weighted by Gasteiger charge is 2.13. The molecule has 3 aromatic rings. The van der Waals surface area contributed by atoms with Gasteiger partial charge in [0.2, 0.25) is 0 Å². The molecule has 134 valence electrons. The van der Waals surface area contributed by atoms with E-state index in [1.54, 1.807) is 12.1 Å². The smallest absolute Gasteiger partial charge is 0.338 e. The first kappa shape index (κ1) is 18.5. The Balaban J connectivity index is 1.64. The van der Waals surface area contributed by atoms with Crippen LogP contribution in [0.5, 0.6) is 0 Å². The molecule has 0 aromatic heterocycles. The normalized spacial score (nSPS) is 11.2. The number of ether oxygens (including phenoxy) is 1. The van der Waals surface area contributed by atoms with E-state index in [0.29, 0.717) is 5.56 Å². The minimum atomic E-state index is -0.332. The number of esters is 1. The van der Waals surface area contributed by atoms with Crippen molar-refractivity contribution in [3.63, 3.8) is 0 Å². The average Bonchev–Trinajstić information content (AvgIpc) is 2.73. The minimum absolute atomic E-state index is 0.288. The summed E-state index contributed by atoms with van der Waals surface area (Å²) in [7, 11) is 0. The van der Waals surface area contributed by atoms with Gasteiger partial charge in [0.05, 0.1) is 5.56 Å². The Kier molecular flexibility index (Phi) is 6.07. The van der Waals surface area contributed by atoms with Crippen molar-refractivity contribution >= 4 is 5.97 Å². The molecule has 2 nitrogen and oxygen atoms in total. The van der Waals surface area contributed by atoms with E-state index >= 15 is 0 Å². The third kappa shape index (κ3) is 5.09. The number of carbonyl (C=O) groups excluding carboxylic acids is 1. The Morgan fingerprint density at radius 3 is 1.96 bits per heavy atom. The fourth-order valence-corrected chi connectivity index (χ4v) is 2.68. The molecule has 0 aliphatic heterocycles. The van der Waals surface area contributed by atoms with E-state index in [1.807, 2.05) is 61.5 Å². The first-order valence-corrected chi connectivity index (χ1v) is 9.12. The maximum Gasteiger partial charge on any atom is 0.338 e. The predicted molar refractivity (Wildman–Crippen MR) is 109 cm³/mol. The van der Waals surface area contributed by atoms with Crippen molar-refractivity contribution in [1.82, 2.24) is 0 Å². The fourth-order valence-electron chi connectivity index (χ4n) is 2.68. The molecule has 0 saturated carbocycles. The van der Waals surface area contributed by atoms with Gasteiger partial charge in [0, 0.05) is 11.1 Å². The molecule has 0 bridgehead atoms. The number of hydrogen-bond donors (Lipinski definition) is 0. The zero-order valence-corrected chi connectivity index (χ0v) is 15.6. The summed E-state index contributed by atoms with van der Waals surface area (Å²) in [5.74, 6) is 5.95. The van der Waals surface area contributed by atoms with Crippen LogP contribution in [0.3, 0.4) is 0 Å². The van der Waals surface area contributed by atoms with Gasteiger partial charge < -0.3 is 4.74 Å². The second-order valence-electron chi connectivity index (χ2n) is 6.34. The van der Waals surface area contributed by atoms with Gasteiger partial charge >= 0.3 is 5.97 Å². The van der Waals surface area contributed by atoms with Gasteiger partial charge in [0.1, 0.15) is 6.10 Å². The fraction of sp³-hybridized carbons (Fsp3) is 0.160. The van der Waals surface area contributed by atoms with Crippen molar-refractivity contribution in [3.05, 3.63) is 107 Å². The van der Waals surface area contributed by atoms with Crippen molar-refractivity contribution < 1.29 is 9.53 Å². The van der Waals surface area contributed by atoms with Gasteiger partial charge in [-0.3, -0.25) is 0 Å². The molecule has 1 unspecified atom stereocenters. The maximum atomic E-state index is 12.3. The van der Waals surface area contributed by atoms with Crippen LogP contribution < -0.4 is 0 Å². The van der Waals surface area contributed by atoms with Crippen molar-refractivity contribution in [1.29, 1.82) is 0 Å². The Bertz CT molecular complexity index is 943. The standard InChI is InChI=1S/C25H22O2/c1-3-20-9-11-21(12-10-20)13-14-22-15-17-24(18-16-22)25(26)27-19(2)23-7-5-4-6-8-23/h4-12,15-19H,3H2,1-2H3. The summed E-state index contributed by atoms with van der Waals surface area (Å²) in [6.07, 6.45) is 0.734. The predicted octanol–water partition coefficient (Wildman–Crippen LogP) is 5.57. The Hall–Kier alpha value is -3.31. The largest absolute Gasteiger partial charge is 0.454 e. The molecular formula is C25H22O2. The van der Waals surface area contributed by atoms with Crippen LogP contribution in [0.4, 0.5) is 0 Å². The Morgan fingerprint density at radius 2 is 1.41 bits per heavy atom. The van der Waals surface area contributed by atoms with E-state index in [1.165, 1.54) is 5.56 Å². The molecule has 0 amide bonds. The number of aryl methyl sites for hydroxylation is 1. The maximum absolute atomic E-state index is 12.3. The summed E-state index contributed by atoms with van der Waals surface area (Å²) in [6, 6.07) is 25.1. The number of rotatable bonds is 4. The lowest BCUT2D eigenvalue weighted by Crippen LogP contribution is -2.09. The molecule has 2 heteroatoms. The van der Waals surface area contributed by atoms with Crippen molar-refractivity contribution in [3.8, 4) is 11.8 Å². The van der Waals surface area contributed by atoms with E-state index in [4.69, 9.17) is 4.74 Å². The Morgan fingerprint density at radius 1 is 0.852 bits per heavy atom. The summed E-state index contributed by atoms with van der Waals surface area (Å²) in [6.45, 7) is 4.00. The van der Waals surface area contributed by atoms with Crippen LogP contribution in [0.1, 0.15) is 52.6 Å². The van der Waals surface area contributed by atoms with Crippen LogP contribution in [0, 0.1) is 11.8 Å². The highest BCUT2D eigenvalue weighted by Crippen LogP contribution is 2.18. The number of carbonyl (C=O) groups is 1. The second-order valence-corrected chi connectivity index (χ2v) is 6.34. The lowest BCUT2D eigenvalue weighted by atomic mass is 10.1. The molecule has 1 atom stereocenters. The third-order valence-electron chi connectivity index (χ3n) is 4.39. The lowest BCUT2D eigenvalue weighted by Gasteiger charge is -2.13. The van der Waals surface area contributed by atoms with Gasteiger partial charge in [-0.1, -0.05) is 61.2 Å². The summed E-state index contributed by atoms with van der Waals surface area (Å²) < 4.78 is 5.54. The van der Waals surface area contributed by atoms with E-state index in [2.05, 4.69) is 30.9 Å². The molecule has 0 aliphatic rings. The number of hydrogen-bond acceptors (Lipinski definition) is 2. The van der Waals surface area contributed by atoms with Gasteiger partial charge in [-0.05, 0) is 60.9 Å². The van der Waals surface area contributed by atoms with Crippen molar-refractivity contribution in [2.24, 2.45) is 0 Å². The number of benzene rings is 3. The van der Waals surface area contributed by atoms with Gasteiger partial charge in [-0.15, -0.1) is 0 Å². The first-order chi connectivity index (χ1) is 13.2. The average molecular weight is 354 g/mol. The van der Waals surface area contributed by atoms with Gasteiger partial charge in [-0.25, -0.2) is 4.79 Å². The van der Waals surface area contributed by atoms with Crippen LogP contribution in [0.15, 0.2) is 78.9 Å². The molecule has 0 radical (unpaired) electrons. The van der Waals surface area contributed by atoms with E-state index in [9.17, 15) is 4.79 Å². The minimum Gasteiger partial charge on any atom is -0.454 e. The topological polar surface area (TPSA) is 26.3 Å². The van der Waals surface area contributed by atoms with Gasteiger partial charge in [0.25, 0.3) is 0 Å². The SMILES string of the molecule is CCc1ccc(C#Cc2ccc(C(=O)OC(C)c3ccccc3)cc2)cc1. The summed E-state index contributed by atoms with van der Waals surface area (Å²) >= 11 is 0. The monoisotopic (exact) mass is 354 g/mol. The van der Waals surface area contributed by atoms with Crippen LogP contribution in [-0.4, -0.2) is 5.97 Å². The van der Waals surface area contributed by atoms with Gasteiger partial charge in [-0.2, -0.15) is 0 Å². The molecule has 3 rings (SSSR count). The van der Waals surface area contributed by atoms with E-state index in [-0.39, 0.29) is 12.1 Å². The van der Waals surface area contributed by atoms with Crippen LogP contribution >= 0.6 is 0 Å². The van der Waals surface area contributed by atoms with E-state index in [0.717, 1.165) is 23.1 Å². The quantitative estimate of drug-likeness (QED) is 0.452. The van der Waals surface area contributed by atoms with Crippen LogP contribution in [-0.2, 0) is 11.2 Å². The van der Waals surface area contributed by atoms with Crippen LogP contribution in [0.2, 0.25) is 0 Å². The molecule has 27 heavy (non-hydrogen) atoms.